The second kappa shape index (κ2) is 17.4. The molecule has 0 bridgehead atoms. The Morgan fingerprint density at radius 1 is 0.714 bits per heavy atom. The van der Waals surface area contributed by atoms with E-state index >= 15 is 0 Å². The summed E-state index contributed by atoms with van der Waals surface area (Å²) >= 11 is -7.37. The van der Waals surface area contributed by atoms with Crippen molar-refractivity contribution in [2.45, 2.75) is 44.9 Å². The molecule has 0 saturated heterocycles. The summed E-state index contributed by atoms with van der Waals surface area (Å²) in [6, 6.07) is 3.33. The van der Waals surface area contributed by atoms with Crippen molar-refractivity contribution < 1.29 is 76.5 Å². The molecule has 0 aliphatic carbocycles. The first-order valence-corrected chi connectivity index (χ1v) is 14.0. The van der Waals surface area contributed by atoms with Crippen LogP contribution in [0.5, 0.6) is 0 Å². The maximum atomic E-state index is 12.8. The Hall–Kier alpha value is -4.23. The molecule has 0 aliphatic rings. The molecular weight excluding hydrogens is 785 g/mol. The van der Waals surface area contributed by atoms with Crippen LogP contribution in [-0.4, -0.2) is 58.4 Å². The summed E-state index contributed by atoms with van der Waals surface area (Å²) < 4.78 is 135. The van der Waals surface area contributed by atoms with Crippen LogP contribution in [0.4, 0.5) is 39.5 Å². The summed E-state index contributed by atoms with van der Waals surface area (Å²) in [5.74, 6) is 0.763. The van der Waals surface area contributed by atoms with Gasteiger partial charge in [-0.1, -0.05) is 0 Å². The number of fused-ring (bicyclic) bond motifs is 2. The smallest absolute Gasteiger partial charge is 0.310 e. The Kier molecular flexibility index (Phi) is 15.9. The van der Waals surface area contributed by atoms with Crippen LogP contribution < -0.4 is 11.1 Å². The molecule has 4 rings (SSSR count). The molecule has 4 heterocycles. The van der Waals surface area contributed by atoms with E-state index in [-0.39, 0.29) is 53.0 Å². The van der Waals surface area contributed by atoms with Crippen LogP contribution in [0.1, 0.15) is 39.9 Å². The summed E-state index contributed by atoms with van der Waals surface area (Å²) in [5, 5.41) is 17.7. The summed E-state index contributed by atoms with van der Waals surface area (Å²) in [5.41, 5.74) is -11.8. The number of alkyl halides is 9. The molecule has 26 heteroatoms. The van der Waals surface area contributed by atoms with Crippen LogP contribution in [-0.2, 0) is 47.8 Å². The molecule has 0 saturated carbocycles. The number of nitrogens with one attached hydrogen (secondary N) is 2. The molecule has 0 fully saturated rings. The van der Waals surface area contributed by atoms with Gasteiger partial charge in [-0.05, 0) is 27.7 Å². The van der Waals surface area contributed by atoms with Gasteiger partial charge in [0.05, 0.1) is 33.3 Å². The summed E-state index contributed by atoms with van der Waals surface area (Å²) in [7, 11) is 0. The van der Waals surface area contributed by atoms with Gasteiger partial charge < -0.3 is 9.97 Å². The fourth-order valence-corrected chi connectivity index (χ4v) is 3.26. The second-order valence-electron chi connectivity index (χ2n) is 8.54. The quantitative estimate of drug-likeness (QED) is 0.112. The fourth-order valence-electron chi connectivity index (χ4n) is 3.26. The number of hydrogen-bond donors (Lipinski definition) is 4. The molecule has 4 aromatic rings. The minimum Gasteiger partial charge on any atom is -0.310 e. The van der Waals surface area contributed by atoms with Crippen LogP contribution >= 0.6 is 0 Å². The molecule has 0 amide bonds. The summed E-state index contributed by atoms with van der Waals surface area (Å²) in [6.07, 6.45) is -3.41. The van der Waals surface area contributed by atoms with Crippen molar-refractivity contribution in [2.24, 2.45) is 0 Å². The van der Waals surface area contributed by atoms with E-state index in [1.807, 2.05) is 6.07 Å². The Morgan fingerprint density at radius 2 is 1.10 bits per heavy atom. The van der Waals surface area contributed by atoms with Crippen molar-refractivity contribution in [3.05, 3.63) is 66.8 Å². The molecule has 0 spiro atoms. The van der Waals surface area contributed by atoms with Gasteiger partial charge in [-0.3, -0.25) is 23.7 Å². The van der Waals surface area contributed by atoms with Gasteiger partial charge in [-0.15, -0.1) is 0 Å². The molecule has 0 radical (unpaired) electrons. The van der Waals surface area contributed by atoms with E-state index in [9.17, 15) is 49.1 Å². The van der Waals surface area contributed by atoms with Gasteiger partial charge in [0, 0.05) is 25.7 Å². The number of nitriles is 2. The normalized spacial score (nSPS) is 12.3. The maximum absolute atomic E-state index is 12.8. The molecule has 4 N–H and O–H groups in total. The van der Waals surface area contributed by atoms with E-state index in [2.05, 4.69) is 29.9 Å². The minimum absolute atomic E-state index is 0. The van der Waals surface area contributed by atoms with Gasteiger partial charge in [0.1, 0.15) is 34.8 Å². The molecule has 2 unspecified atom stereocenters. The largest absolute Gasteiger partial charge is 0.496 e. The molecule has 4 aromatic heterocycles. The fraction of sp³-hybridized carbons (Fsp3) is 0.304. The Bertz CT molecular complexity index is 2070. The Morgan fingerprint density at radius 3 is 1.45 bits per heavy atom. The van der Waals surface area contributed by atoms with E-state index in [1.54, 1.807) is 13.8 Å². The number of H-pyrrole nitrogens is 2. The predicted molar refractivity (Wildman–Crippen MR) is 147 cm³/mol. The van der Waals surface area contributed by atoms with E-state index in [0.717, 1.165) is 0 Å². The molecule has 49 heavy (non-hydrogen) atoms. The van der Waals surface area contributed by atoms with E-state index in [0.29, 0.717) is 22.4 Å². The third kappa shape index (κ3) is 12.3. The Labute approximate surface area is 284 Å². The van der Waals surface area contributed by atoms with E-state index in [4.69, 9.17) is 28.0 Å². The van der Waals surface area contributed by atoms with E-state index < -0.39 is 56.2 Å². The standard InChI is InChI=1S/C11H7F3N4O.C10H8N4O.2CHF3O2S.Zn/c1-4-8-7(10(19)18-5(2)17-8)6(3-15)9(16-4)11(12,13)14;1-5-9-8(7(3-11)4-12-5)10(15)14-6(2)13-9;2*2-1(3,4)7(5)6;/h1-2H3,(H,17,18,19);4H,1-2H3,(H,13,14,15);2*(H,5,6);. The van der Waals surface area contributed by atoms with E-state index in [1.165, 1.54) is 26.1 Å². The first-order valence-electron chi connectivity index (χ1n) is 11.8. The van der Waals surface area contributed by atoms with Gasteiger partial charge >= 0.3 is 17.2 Å². The molecular formula is C23H17F9N8O6S2Zn. The number of hydrogen-bond acceptors (Lipinski definition) is 10. The summed E-state index contributed by atoms with van der Waals surface area (Å²) in [4.78, 5) is 43.8. The molecule has 14 nitrogen and oxygen atoms in total. The average Bonchev–Trinajstić information content (AvgIpc) is 2.93. The first-order chi connectivity index (χ1) is 21.8. The van der Waals surface area contributed by atoms with Crippen molar-refractivity contribution in [2.75, 3.05) is 0 Å². The number of aryl methyl sites for hydroxylation is 4. The number of rotatable bonds is 0. The van der Waals surface area contributed by atoms with Crippen LogP contribution in [0, 0.1) is 50.4 Å². The summed E-state index contributed by atoms with van der Waals surface area (Å²) in [6.45, 7) is 6.25. The topological polar surface area (TPSA) is 239 Å². The Balaban J connectivity index is 0.000000683. The number of halogens is 9. The van der Waals surface area contributed by atoms with Crippen LogP contribution in [0.25, 0.3) is 21.8 Å². The molecule has 262 valence electrons. The second-order valence-corrected chi connectivity index (χ2v) is 10.5. The number of aromatic amines is 2. The van der Waals surface area contributed by atoms with Crippen molar-refractivity contribution >= 4 is 44.0 Å². The van der Waals surface area contributed by atoms with Gasteiger partial charge in [-0.2, -0.15) is 50.0 Å². The zero-order chi connectivity index (χ0) is 37.5. The average molecular weight is 802 g/mol. The van der Waals surface area contributed by atoms with Crippen LogP contribution in [0.3, 0.4) is 0 Å². The monoisotopic (exact) mass is 800 g/mol. The number of pyridine rings is 2. The van der Waals surface area contributed by atoms with Crippen molar-refractivity contribution in [3.63, 3.8) is 0 Å². The maximum Gasteiger partial charge on any atom is 0.496 e. The molecule has 0 aliphatic heterocycles. The van der Waals surface area contributed by atoms with Crippen LogP contribution in [0.2, 0.25) is 0 Å². The third-order valence-electron chi connectivity index (χ3n) is 5.08. The zero-order valence-corrected chi connectivity index (χ0v) is 29.3. The number of aromatic nitrogens is 6. The minimum atomic E-state index is -4.97. The van der Waals surface area contributed by atoms with Crippen LogP contribution in [0.15, 0.2) is 15.8 Å². The molecule has 0 aromatic carbocycles. The first kappa shape index (κ1) is 44.8. The van der Waals surface area contributed by atoms with Gasteiger partial charge in [-0.25, -0.2) is 23.4 Å². The van der Waals surface area contributed by atoms with Gasteiger partial charge in [0.25, 0.3) is 33.3 Å². The third-order valence-corrected chi connectivity index (χ3v) is 5.87. The molecule has 2 atom stereocenters. The van der Waals surface area contributed by atoms with Gasteiger partial charge in [0.15, 0.2) is 5.69 Å². The predicted octanol–water partition coefficient (Wildman–Crippen LogP) is 4.09. The van der Waals surface area contributed by atoms with Crippen molar-refractivity contribution in [1.82, 2.24) is 29.9 Å². The van der Waals surface area contributed by atoms with Crippen molar-refractivity contribution in [1.29, 1.82) is 10.5 Å². The number of nitrogens with zero attached hydrogens (tertiary/aromatic N) is 6. The van der Waals surface area contributed by atoms with Crippen molar-refractivity contribution in [3.8, 4) is 12.1 Å². The van der Waals surface area contributed by atoms with Gasteiger partial charge in [0.2, 0.25) is 0 Å². The zero-order valence-electron chi connectivity index (χ0n) is 24.7. The SMILES string of the molecule is Cc1nc2c(C)nc(C(F)(F)F)c(C#N)c2c(=O)[nH]1.Cc1nc2c(C)ncc(C#N)c2c(=O)[nH]1.O=S(O)C(F)(F)F.O=S(O)C(F)(F)F.[Zn].